The van der Waals surface area contributed by atoms with Crippen molar-refractivity contribution in [3.63, 3.8) is 0 Å². The van der Waals surface area contributed by atoms with E-state index >= 15 is 0 Å². The maximum Gasteiger partial charge on any atom is 0.233 e. The van der Waals surface area contributed by atoms with Gasteiger partial charge < -0.3 is 11.1 Å². The van der Waals surface area contributed by atoms with Gasteiger partial charge in [0.2, 0.25) is 5.91 Å². The molecule has 78 valence electrons. The molecular weight excluding hydrogens is 166 g/mol. The van der Waals surface area contributed by atoms with E-state index in [0.29, 0.717) is 6.54 Å². The lowest BCUT2D eigenvalue weighted by molar-refractivity contribution is -0.121. The second-order valence-electron chi connectivity index (χ2n) is 3.26. The molecule has 0 aliphatic heterocycles. The molecule has 0 aliphatic rings. The van der Waals surface area contributed by atoms with Crippen LogP contribution in [0.2, 0.25) is 0 Å². The molecule has 0 unspecified atom stereocenters. The van der Waals surface area contributed by atoms with Gasteiger partial charge in [0.25, 0.3) is 0 Å². The topological polar surface area (TPSA) is 58.4 Å². The molecule has 4 heteroatoms. The van der Waals surface area contributed by atoms with Crippen molar-refractivity contribution in [2.45, 2.75) is 19.3 Å². The molecule has 0 aromatic carbocycles. The van der Waals surface area contributed by atoms with Crippen LogP contribution in [0.4, 0.5) is 0 Å². The summed E-state index contributed by atoms with van der Waals surface area (Å²) in [5.74, 6) is 0.0707. The molecule has 0 rings (SSSR count). The van der Waals surface area contributed by atoms with Crippen molar-refractivity contribution in [1.29, 1.82) is 0 Å². The Morgan fingerprint density at radius 2 is 2.08 bits per heavy atom. The molecule has 0 saturated heterocycles. The van der Waals surface area contributed by atoms with Crippen LogP contribution in [0.5, 0.6) is 0 Å². The zero-order chi connectivity index (χ0) is 10.1. The van der Waals surface area contributed by atoms with E-state index in [-0.39, 0.29) is 5.91 Å². The minimum Gasteiger partial charge on any atom is -0.358 e. The quantitative estimate of drug-likeness (QED) is 0.542. The van der Waals surface area contributed by atoms with E-state index in [1.165, 1.54) is 0 Å². The second kappa shape index (κ2) is 8.01. The molecule has 13 heavy (non-hydrogen) atoms. The average Bonchev–Trinajstić information content (AvgIpc) is 2.12. The average molecular weight is 187 g/mol. The molecule has 0 fully saturated rings. The molecule has 0 heterocycles. The number of rotatable bonds is 7. The van der Waals surface area contributed by atoms with Crippen LogP contribution in [-0.4, -0.2) is 44.5 Å². The maximum absolute atomic E-state index is 10.9. The van der Waals surface area contributed by atoms with E-state index in [0.717, 1.165) is 32.4 Å². The summed E-state index contributed by atoms with van der Waals surface area (Å²) in [6.07, 6.45) is 3.34. The number of unbranched alkanes of at least 4 members (excludes halogenated alkanes) is 2. The number of likely N-dealkylation sites (N-methyl/N-ethyl adjacent to an activating group) is 2. The number of hydrogen-bond acceptors (Lipinski definition) is 3. The van der Waals surface area contributed by atoms with E-state index in [4.69, 9.17) is 5.73 Å². The lowest BCUT2D eigenvalue weighted by Crippen LogP contribution is -2.33. The van der Waals surface area contributed by atoms with Crippen molar-refractivity contribution in [2.24, 2.45) is 5.73 Å². The molecule has 0 atom stereocenters. The third kappa shape index (κ3) is 7.74. The number of nitrogens with one attached hydrogen (secondary N) is 1. The lowest BCUT2D eigenvalue weighted by atomic mass is 10.2. The highest BCUT2D eigenvalue weighted by molar-refractivity contribution is 5.77. The summed E-state index contributed by atoms with van der Waals surface area (Å²) in [4.78, 5) is 13.0. The lowest BCUT2D eigenvalue weighted by Gasteiger charge is -2.14. The van der Waals surface area contributed by atoms with Gasteiger partial charge in [-0.25, -0.2) is 0 Å². The zero-order valence-corrected chi connectivity index (χ0v) is 8.68. The largest absolute Gasteiger partial charge is 0.358 e. The third-order valence-electron chi connectivity index (χ3n) is 1.94. The van der Waals surface area contributed by atoms with Gasteiger partial charge in [-0.1, -0.05) is 6.42 Å². The fourth-order valence-electron chi connectivity index (χ4n) is 1.11. The summed E-state index contributed by atoms with van der Waals surface area (Å²) >= 11 is 0. The summed E-state index contributed by atoms with van der Waals surface area (Å²) in [6.45, 7) is 2.21. The van der Waals surface area contributed by atoms with Crippen molar-refractivity contribution in [1.82, 2.24) is 10.2 Å². The fourth-order valence-corrected chi connectivity index (χ4v) is 1.11. The first-order valence-electron chi connectivity index (χ1n) is 4.80. The Hall–Kier alpha value is -0.610. The van der Waals surface area contributed by atoms with Crippen molar-refractivity contribution < 1.29 is 4.79 Å². The molecule has 0 aromatic rings. The Morgan fingerprint density at radius 3 is 2.62 bits per heavy atom. The third-order valence-corrected chi connectivity index (χ3v) is 1.94. The van der Waals surface area contributed by atoms with Crippen LogP contribution >= 0.6 is 0 Å². The van der Waals surface area contributed by atoms with Gasteiger partial charge in [0.15, 0.2) is 0 Å². The standard InChI is InChI=1S/C9H21N3O/c1-11-9(13)8-12(2)7-5-3-4-6-10/h3-8,10H2,1-2H3,(H,11,13). The minimum atomic E-state index is 0.0707. The second-order valence-corrected chi connectivity index (χ2v) is 3.26. The fraction of sp³-hybridized carbons (Fsp3) is 0.889. The Kier molecular flexibility index (Phi) is 7.63. The highest BCUT2D eigenvalue weighted by Crippen LogP contribution is 1.95. The molecule has 0 aliphatic carbocycles. The van der Waals surface area contributed by atoms with Crippen molar-refractivity contribution in [3.8, 4) is 0 Å². The molecule has 3 N–H and O–H groups in total. The predicted octanol–water partition coefficient (Wildman–Crippen LogP) is -0.207. The minimum absolute atomic E-state index is 0.0707. The van der Waals surface area contributed by atoms with Gasteiger partial charge >= 0.3 is 0 Å². The number of nitrogens with two attached hydrogens (primary N) is 1. The van der Waals surface area contributed by atoms with E-state index in [1.807, 2.05) is 11.9 Å². The van der Waals surface area contributed by atoms with Gasteiger partial charge in [0.1, 0.15) is 0 Å². The van der Waals surface area contributed by atoms with Crippen LogP contribution in [0.3, 0.4) is 0 Å². The van der Waals surface area contributed by atoms with Gasteiger partial charge in [-0.3, -0.25) is 9.69 Å². The summed E-state index contributed by atoms with van der Waals surface area (Å²) in [6, 6.07) is 0. The SMILES string of the molecule is CNC(=O)CN(C)CCCCCN. The van der Waals surface area contributed by atoms with Crippen molar-refractivity contribution in [3.05, 3.63) is 0 Å². The van der Waals surface area contributed by atoms with Gasteiger partial charge in [0.05, 0.1) is 6.54 Å². The van der Waals surface area contributed by atoms with Crippen molar-refractivity contribution >= 4 is 5.91 Å². The Balaban J connectivity index is 3.29. The number of nitrogens with zero attached hydrogens (tertiary/aromatic N) is 1. The molecule has 0 bridgehead atoms. The first-order valence-corrected chi connectivity index (χ1v) is 4.80. The number of carbonyl (C=O) groups excluding carboxylic acids is 1. The van der Waals surface area contributed by atoms with Crippen LogP contribution in [-0.2, 0) is 4.79 Å². The van der Waals surface area contributed by atoms with Crippen molar-refractivity contribution in [2.75, 3.05) is 33.7 Å². The molecule has 4 nitrogen and oxygen atoms in total. The highest BCUT2D eigenvalue weighted by Gasteiger charge is 2.02. The van der Waals surface area contributed by atoms with E-state index in [9.17, 15) is 4.79 Å². The molecule has 0 saturated carbocycles. The van der Waals surface area contributed by atoms with Gasteiger partial charge in [0, 0.05) is 7.05 Å². The molecule has 0 radical (unpaired) electrons. The zero-order valence-electron chi connectivity index (χ0n) is 8.68. The Bertz CT molecular complexity index is 139. The highest BCUT2D eigenvalue weighted by atomic mass is 16.1. The number of carbonyl (C=O) groups is 1. The van der Waals surface area contributed by atoms with Gasteiger partial charge in [-0.05, 0) is 33.0 Å². The van der Waals surface area contributed by atoms with Crippen LogP contribution in [0.15, 0.2) is 0 Å². The Morgan fingerprint density at radius 1 is 1.38 bits per heavy atom. The first kappa shape index (κ1) is 12.4. The summed E-state index contributed by atoms with van der Waals surface area (Å²) in [5, 5.41) is 2.60. The van der Waals surface area contributed by atoms with Crippen LogP contribution in [0.25, 0.3) is 0 Å². The summed E-state index contributed by atoms with van der Waals surface area (Å²) in [5.41, 5.74) is 5.37. The Labute approximate surface area is 80.5 Å². The normalized spacial score (nSPS) is 10.5. The van der Waals surface area contributed by atoms with E-state index in [2.05, 4.69) is 5.32 Å². The van der Waals surface area contributed by atoms with Crippen LogP contribution < -0.4 is 11.1 Å². The van der Waals surface area contributed by atoms with Crippen LogP contribution in [0, 0.1) is 0 Å². The number of amides is 1. The van der Waals surface area contributed by atoms with E-state index in [1.54, 1.807) is 7.05 Å². The summed E-state index contributed by atoms with van der Waals surface area (Å²) < 4.78 is 0. The van der Waals surface area contributed by atoms with Crippen LogP contribution in [0.1, 0.15) is 19.3 Å². The molecule has 1 amide bonds. The van der Waals surface area contributed by atoms with Gasteiger partial charge in [-0.15, -0.1) is 0 Å². The smallest absolute Gasteiger partial charge is 0.233 e. The predicted molar refractivity (Wildman–Crippen MR) is 54.5 cm³/mol. The maximum atomic E-state index is 10.9. The number of hydrogen-bond donors (Lipinski definition) is 2. The van der Waals surface area contributed by atoms with Gasteiger partial charge in [-0.2, -0.15) is 0 Å². The first-order chi connectivity index (χ1) is 6.20. The summed E-state index contributed by atoms with van der Waals surface area (Å²) in [7, 11) is 3.61. The molecular formula is C9H21N3O. The molecule has 0 aromatic heterocycles. The monoisotopic (exact) mass is 187 g/mol. The molecule has 0 spiro atoms. The van der Waals surface area contributed by atoms with E-state index < -0.39 is 0 Å².